The van der Waals surface area contributed by atoms with Gasteiger partial charge in [0.25, 0.3) is 0 Å². The summed E-state index contributed by atoms with van der Waals surface area (Å²) in [5.41, 5.74) is 0. The first-order valence-corrected chi connectivity index (χ1v) is 0. The van der Waals surface area contributed by atoms with E-state index in [-0.39, 0.29) is 120 Å². The minimum atomic E-state index is 0. The summed E-state index contributed by atoms with van der Waals surface area (Å²) in [5, 5.41) is 0. The van der Waals surface area contributed by atoms with E-state index in [4.69, 9.17) is 0 Å². The van der Waals surface area contributed by atoms with Gasteiger partial charge in [-0.1, -0.05) is 0 Å². The SMILES string of the molecule is P.[Ca+2].[Fe].[H-].[H-].[H-].[K+]. The van der Waals surface area contributed by atoms with Gasteiger partial charge in [0, 0.05) is 17.1 Å². The van der Waals surface area contributed by atoms with Crippen molar-refractivity contribution >= 4 is 47.6 Å². The molecule has 0 bridgehead atoms. The monoisotopic (exact) mass is 172 g/mol. The first-order chi connectivity index (χ1) is 0. The maximum atomic E-state index is 0. The van der Waals surface area contributed by atoms with Crippen LogP contribution in [0.1, 0.15) is 4.28 Å². The Kier molecular flexibility index (Phi) is 98.3. The topological polar surface area (TPSA) is 0 Å². The third-order valence-electron chi connectivity index (χ3n) is 0. The number of hydrogen-bond donors (Lipinski definition) is 0. The van der Waals surface area contributed by atoms with Gasteiger partial charge in [-0.25, -0.2) is 0 Å². The van der Waals surface area contributed by atoms with Crippen molar-refractivity contribution in [1.29, 1.82) is 0 Å². The van der Waals surface area contributed by atoms with E-state index in [2.05, 4.69) is 0 Å². The summed E-state index contributed by atoms with van der Waals surface area (Å²) in [6.45, 7) is 0. The molecule has 0 N–H and O–H groups in total. The zero-order valence-corrected chi connectivity index (χ0v) is 10.6. The maximum absolute atomic E-state index is 0. The molecule has 0 fully saturated rings. The molecule has 0 spiro atoms. The van der Waals surface area contributed by atoms with Gasteiger partial charge in [0.2, 0.25) is 0 Å². The zero-order valence-electron chi connectivity index (χ0n) is 5.77. The van der Waals surface area contributed by atoms with Gasteiger partial charge in [0.1, 0.15) is 0 Å². The molecule has 0 nitrogen and oxygen atoms in total. The molecule has 0 aromatic carbocycles. The summed E-state index contributed by atoms with van der Waals surface area (Å²) >= 11 is 0. The fraction of sp³-hybridized carbons (Fsp3) is 0. The van der Waals surface area contributed by atoms with Crippen LogP contribution in [-0.4, -0.2) is 37.7 Å². The summed E-state index contributed by atoms with van der Waals surface area (Å²) in [7, 11) is 0. The molecule has 0 aliphatic heterocycles. The van der Waals surface area contributed by atoms with E-state index in [0.29, 0.717) is 0 Å². The predicted octanol–water partition coefficient (Wildman–Crippen LogP) is -2.98. The van der Waals surface area contributed by atoms with Crippen molar-refractivity contribution in [2.75, 3.05) is 0 Å². The van der Waals surface area contributed by atoms with Gasteiger partial charge >= 0.3 is 89.1 Å². The van der Waals surface area contributed by atoms with Gasteiger partial charge in [0.15, 0.2) is 0 Å². The molecule has 4 heavy (non-hydrogen) atoms. The Morgan fingerprint density at radius 3 is 1.25 bits per heavy atom. The van der Waals surface area contributed by atoms with Crippen molar-refractivity contribution in [3.8, 4) is 0 Å². The molecule has 0 amide bonds. The summed E-state index contributed by atoms with van der Waals surface area (Å²) < 4.78 is 0. The predicted molar refractivity (Wildman–Crippen MR) is 20.2 cm³/mol. The van der Waals surface area contributed by atoms with Gasteiger partial charge < -0.3 is 4.28 Å². The average Bonchev–Trinajstić information content (AvgIpc) is 0. The van der Waals surface area contributed by atoms with E-state index < -0.39 is 0 Å². The Morgan fingerprint density at radius 2 is 1.25 bits per heavy atom. The standard InChI is InChI=1S/Ca.Fe.K.H3P.3H/h;;;1H3;;;/q+2;;+1;;3*-1. The molecular weight excluding hydrogens is 166 g/mol. The van der Waals surface area contributed by atoms with Crippen molar-refractivity contribution in [3.05, 3.63) is 0 Å². The van der Waals surface area contributed by atoms with Crippen molar-refractivity contribution in [2.24, 2.45) is 0 Å². The average molecular weight is 172 g/mol. The van der Waals surface area contributed by atoms with Crippen molar-refractivity contribution < 1.29 is 72.7 Å². The first-order valence-electron chi connectivity index (χ1n) is 0. The molecule has 4 heteroatoms. The molecule has 0 saturated heterocycles. The van der Waals surface area contributed by atoms with Crippen molar-refractivity contribution in [2.45, 2.75) is 0 Å². The minimum absolute atomic E-state index is 0. The minimum Gasteiger partial charge on any atom is -1.00 e. The van der Waals surface area contributed by atoms with E-state index >= 15 is 0 Å². The van der Waals surface area contributed by atoms with Crippen LogP contribution >= 0.6 is 9.90 Å². The van der Waals surface area contributed by atoms with Crippen LogP contribution in [0.15, 0.2) is 0 Å². The molecule has 1 unspecified atom stereocenters. The van der Waals surface area contributed by atoms with Crippen LogP contribution in [0.5, 0.6) is 0 Å². The van der Waals surface area contributed by atoms with E-state index in [1.165, 1.54) is 0 Å². The second-order valence-electron chi connectivity index (χ2n) is 0. The molecule has 0 aromatic rings. The summed E-state index contributed by atoms with van der Waals surface area (Å²) in [6.07, 6.45) is 0. The van der Waals surface area contributed by atoms with Crippen LogP contribution < -0.4 is 51.4 Å². The Morgan fingerprint density at radius 1 is 1.25 bits per heavy atom. The Balaban J connectivity index is 0. The second kappa shape index (κ2) is 15.8. The van der Waals surface area contributed by atoms with Crippen LogP contribution in [0, 0.1) is 0 Å². The molecule has 1 atom stereocenters. The summed E-state index contributed by atoms with van der Waals surface area (Å²) in [5.74, 6) is 0. The molecule has 0 rings (SSSR count). The van der Waals surface area contributed by atoms with E-state index in [1.807, 2.05) is 0 Å². The van der Waals surface area contributed by atoms with Crippen molar-refractivity contribution in [1.82, 2.24) is 0 Å². The largest absolute Gasteiger partial charge is 2.00 e. The molecule has 0 aromatic heterocycles. The summed E-state index contributed by atoms with van der Waals surface area (Å²) in [6, 6.07) is 0. The first kappa shape index (κ1) is 24.9. The molecule has 0 saturated carbocycles. The van der Waals surface area contributed by atoms with E-state index in [0.717, 1.165) is 0 Å². The van der Waals surface area contributed by atoms with Crippen LogP contribution in [0.3, 0.4) is 0 Å². The molecule has 0 aliphatic carbocycles. The van der Waals surface area contributed by atoms with Gasteiger partial charge in [-0.2, -0.15) is 9.90 Å². The molecule has 0 radical (unpaired) electrons. The second-order valence-corrected chi connectivity index (χ2v) is 0. The van der Waals surface area contributed by atoms with Gasteiger partial charge in [-0.05, 0) is 0 Å². The molecule has 0 heterocycles. The third-order valence-corrected chi connectivity index (χ3v) is 0. The zero-order chi connectivity index (χ0) is 0. The van der Waals surface area contributed by atoms with Gasteiger partial charge in [-0.15, -0.1) is 0 Å². The van der Waals surface area contributed by atoms with Gasteiger partial charge in [-0.3, -0.25) is 0 Å². The summed E-state index contributed by atoms with van der Waals surface area (Å²) in [4.78, 5) is 0. The number of rotatable bonds is 0. The van der Waals surface area contributed by atoms with Crippen molar-refractivity contribution in [3.63, 3.8) is 0 Å². The van der Waals surface area contributed by atoms with Crippen LogP contribution in [0.4, 0.5) is 0 Å². The smallest absolute Gasteiger partial charge is 1.00 e. The maximum Gasteiger partial charge on any atom is 2.00 e. The quantitative estimate of drug-likeness (QED) is 0.270. The Bertz CT molecular complexity index is 14.9. The Labute approximate surface area is 117 Å². The van der Waals surface area contributed by atoms with Gasteiger partial charge in [0.05, 0.1) is 0 Å². The van der Waals surface area contributed by atoms with E-state index in [1.54, 1.807) is 0 Å². The molecular formula is H6CaFeKP. The van der Waals surface area contributed by atoms with Crippen LogP contribution in [-0.2, 0) is 17.1 Å². The fourth-order valence-electron chi connectivity index (χ4n) is 0. The fourth-order valence-corrected chi connectivity index (χ4v) is 0. The van der Waals surface area contributed by atoms with Crippen LogP contribution in [0.2, 0.25) is 0 Å². The number of hydrogen-bond acceptors (Lipinski definition) is 0. The molecule has 22 valence electrons. The van der Waals surface area contributed by atoms with Crippen LogP contribution in [0.25, 0.3) is 0 Å². The normalized spacial score (nSPS) is 0. The Hall–Kier alpha value is 3.85. The van der Waals surface area contributed by atoms with E-state index in [9.17, 15) is 0 Å². The third kappa shape index (κ3) is 9.28. The molecule has 0 aliphatic rings.